The van der Waals surface area contributed by atoms with Crippen LogP contribution < -0.4 is 10.3 Å². The zero-order valence-corrected chi connectivity index (χ0v) is 17.9. The Morgan fingerprint density at radius 1 is 0.935 bits per heavy atom. The molecule has 2 aromatic carbocycles. The Labute approximate surface area is 180 Å². The second-order valence-electron chi connectivity index (χ2n) is 7.31. The van der Waals surface area contributed by atoms with Gasteiger partial charge in [0.2, 0.25) is 10.0 Å². The number of aliphatic carboxylic acids is 1. The molecule has 31 heavy (non-hydrogen) atoms. The minimum absolute atomic E-state index is 0.117. The number of sulfonamides is 1. The summed E-state index contributed by atoms with van der Waals surface area (Å²) in [5, 5.41) is 9.36. The van der Waals surface area contributed by atoms with Crippen molar-refractivity contribution in [2.75, 3.05) is 4.72 Å². The number of aromatic nitrogens is 1. The van der Waals surface area contributed by atoms with E-state index >= 15 is 0 Å². The molecule has 0 atom stereocenters. The molecule has 0 aliphatic rings. The molecule has 0 saturated heterocycles. The van der Waals surface area contributed by atoms with Crippen molar-refractivity contribution in [1.82, 2.24) is 4.98 Å². The third-order valence-electron chi connectivity index (χ3n) is 4.94. The maximum Gasteiger partial charge on any atom is 0.307 e. The molecule has 0 fully saturated rings. The molecule has 162 valence electrons. The largest absolute Gasteiger partial charge is 0.481 e. The molecule has 0 saturated carbocycles. The maximum absolute atomic E-state index is 12.8. The van der Waals surface area contributed by atoms with E-state index in [1.165, 1.54) is 0 Å². The van der Waals surface area contributed by atoms with E-state index in [2.05, 4.69) is 9.71 Å². The number of carboxylic acids is 1. The van der Waals surface area contributed by atoms with Crippen molar-refractivity contribution in [3.05, 3.63) is 99.0 Å². The number of nitrogens with one attached hydrogen (secondary N) is 2. The summed E-state index contributed by atoms with van der Waals surface area (Å²) in [5.41, 5.74) is 2.11. The summed E-state index contributed by atoms with van der Waals surface area (Å²) in [6, 6.07) is 18.1. The highest BCUT2D eigenvalue weighted by Crippen LogP contribution is 2.23. The van der Waals surface area contributed by atoms with E-state index in [9.17, 15) is 23.1 Å². The van der Waals surface area contributed by atoms with E-state index < -0.39 is 21.6 Å². The van der Waals surface area contributed by atoms with Crippen molar-refractivity contribution in [3.8, 4) is 0 Å². The van der Waals surface area contributed by atoms with Crippen LogP contribution in [-0.4, -0.2) is 24.5 Å². The van der Waals surface area contributed by atoms with Gasteiger partial charge < -0.3 is 10.1 Å². The molecule has 3 N–H and O–H groups in total. The van der Waals surface area contributed by atoms with Crippen LogP contribution in [0.15, 0.2) is 65.5 Å². The average molecular weight is 441 g/mol. The van der Waals surface area contributed by atoms with Crippen molar-refractivity contribution >= 4 is 21.7 Å². The number of hydrogen-bond acceptors (Lipinski definition) is 4. The number of benzene rings is 2. The van der Waals surface area contributed by atoms with Gasteiger partial charge in [-0.1, -0.05) is 60.7 Å². The van der Waals surface area contributed by atoms with Gasteiger partial charge in [-0.3, -0.25) is 14.3 Å². The Bertz CT molecular complexity index is 1220. The lowest BCUT2D eigenvalue weighted by Crippen LogP contribution is -2.26. The van der Waals surface area contributed by atoms with Crippen molar-refractivity contribution in [2.24, 2.45) is 0 Å². The number of carboxylic acid groups (broad SMARTS) is 1. The summed E-state index contributed by atoms with van der Waals surface area (Å²) >= 11 is 0. The first-order valence-corrected chi connectivity index (χ1v) is 11.4. The summed E-state index contributed by atoms with van der Waals surface area (Å²) in [7, 11) is -3.89. The van der Waals surface area contributed by atoms with Gasteiger partial charge in [0, 0.05) is 5.69 Å². The Hall–Kier alpha value is -3.39. The lowest BCUT2D eigenvalue weighted by atomic mass is 9.96. The Kier molecular flexibility index (Phi) is 6.91. The number of pyridine rings is 1. The van der Waals surface area contributed by atoms with Crippen LogP contribution in [-0.2, 0) is 39.8 Å². The van der Waals surface area contributed by atoms with Crippen LogP contribution >= 0.6 is 0 Å². The van der Waals surface area contributed by atoms with E-state index in [0.29, 0.717) is 35.2 Å². The molecule has 1 heterocycles. The molecule has 8 heteroatoms. The molecule has 7 nitrogen and oxygen atoms in total. The maximum atomic E-state index is 12.8. The number of aryl methyl sites for hydroxylation is 2. The molecular weight excluding hydrogens is 416 g/mol. The molecule has 3 aromatic rings. The Morgan fingerprint density at radius 2 is 1.52 bits per heavy atom. The van der Waals surface area contributed by atoms with Gasteiger partial charge in [-0.15, -0.1) is 0 Å². The number of aromatic amines is 1. The van der Waals surface area contributed by atoms with Crippen LogP contribution in [0.3, 0.4) is 0 Å². The topological polar surface area (TPSA) is 116 Å². The zero-order chi connectivity index (χ0) is 22.4. The van der Waals surface area contributed by atoms with Crippen LogP contribution in [0.2, 0.25) is 0 Å². The highest BCUT2D eigenvalue weighted by molar-refractivity contribution is 7.91. The van der Waals surface area contributed by atoms with E-state index in [-0.39, 0.29) is 17.9 Å². The Balaban J connectivity index is 2.00. The van der Waals surface area contributed by atoms with Crippen LogP contribution in [0.4, 0.5) is 5.69 Å². The second-order valence-corrected chi connectivity index (χ2v) is 9.04. The van der Waals surface area contributed by atoms with Crippen molar-refractivity contribution in [3.63, 3.8) is 0 Å². The number of hydrogen-bond donors (Lipinski definition) is 3. The second kappa shape index (κ2) is 9.61. The SMILES string of the molecule is Cc1[nH]c(=O)c(NS(=O)(=O)Cc2ccccc2)c(CCc2ccccc2)c1CC(=O)O. The van der Waals surface area contributed by atoms with Crippen molar-refractivity contribution < 1.29 is 18.3 Å². The quantitative estimate of drug-likeness (QED) is 0.473. The predicted molar refractivity (Wildman–Crippen MR) is 120 cm³/mol. The van der Waals surface area contributed by atoms with Gasteiger partial charge >= 0.3 is 5.97 Å². The number of H-pyrrole nitrogens is 1. The molecule has 0 spiro atoms. The molecule has 0 aliphatic heterocycles. The van der Waals surface area contributed by atoms with Gasteiger partial charge in [-0.25, -0.2) is 8.42 Å². The molecule has 0 radical (unpaired) electrons. The first-order valence-electron chi connectivity index (χ1n) is 9.80. The summed E-state index contributed by atoms with van der Waals surface area (Å²) in [6.07, 6.45) is 0.532. The lowest BCUT2D eigenvalue weighted by molar-refractivity contribution is -0.136. The van der Waals surface area contributed by atoms with Gasteiger partial charge in [0.15, 0.2) is 0 Å². The number of rotatable bonds is 9. The summed E-state index contributed by atoms with van der Waals surface area (Å²) in [5.74, 6) is -1.36. The van der Waals surface area contributed by atoms with Crippen LogP contribution in [0, 0.1) is 6.92 Å². The van der Waals surface area contributed by atoms with Gasteiger partial charge in [0.1, 0.15) is 5.69 Å². The fraction of sp³-hybridized carbons (Fsp3) is 0.217. The minimum atomic E-state index is -3.89. The number of anilines is 1. The molecule has 0 unspecified atom stereocenters. The van der Waals surface area contributed by atoms with E-state index in [1.807, 2.05) is 30.3 Å². The number of carbonyl (C=O) groups is 1. The highest BCUT2D eigenvalue weighted by Gasteiger charge is 2.22. The average Bonchev–Trinajstić information content (AvgIpc) is 2.72. The van der Waals surface area contributed by atoms with Crippen LogP contribution in [0.25, 0.3) is 0 Å². The predicted octanol–water partition coefficient (Wildman–Crippen LogP) is 3.04. The van der Waals surface area contributed by atoms with E-state index in [0.717, 1.165) is 5.56 Å². The third-order valence-corrected chi connectivity index (χ3v) is 6.17. The van der Waals surface area contributed by atoms with Crippen LogP contribution in [0.5, 0.6) is 0 Å². The van der Waals surface area contributed by atoms with Gasteiger partial charge in [0.25, 0.3) is 5.56 Å². The summed E-state index contributed by atoms with van der Waals surface area (Å²) in [4.78, 5) is 26.7. The standard InChI is InChI=1S/C23H24N2O5S/c1-16-20(14-21(26)27)19(13-12-17-8-4-2-5-9-17)22(23(28)24-16)25-31(29,30)15-18-10-6-3-7-11-18/h2-11,25H,12-15H2,1H3,(H,24,28)(H,26,27). The van der Waals surface area contributed by atoms with E-state index in [1.54, 1.807) is 37.3 Å². The van der Waals surface area contributed by atoms with Gasteiger partial charge in [-0.05, 0) is 42.0 Å². The van der Waals surface area contributed by atoms with Gasteiger partial charge in [0.05, 0.1) is 12.2 Å². The third kappa shape index (κ3) is 6.05. The van der Waals surface area contributed by atoms with Gasteiger partial charge in [-0.2, -0.15) is 0 Å². The van der Waals surface area contributed by atoms with Crippen LogP contribution in [0.1, 0.15) is 27.9 Å². The molecule has 0 amide bonds. The summed E-state index contributed by atoms with van der Waals surface area (Å²) in [6.45, 7) is 1.62. The highest BCUT2D eigenvalue weighted by atomic mass is 32.2. The Morgan fingerprint density at radius 3 is 2.10 bits per heavy atom. The van der Waals surface area contributed by atoms with Crippen molar-refractivity contribution in [1.29, 1.82) is 0 Å². The normalized spacial score (nSPS) is 11.3. The minimum Gasteiger partial charge on any atom is -0.481 e. The fourth-order valence-electron chi connectivity index (χ4n) is 3.50. The molecule has 0 aliphatic carbocycles. The first kappa shape index (κ1) is 22.3. The summed E-state index contributed by atoms with van der Waals surface area (Å²) < 4.78 is 28.0. The lowest BCUT2D eigenvalue weighted by Gasteiger charge is -2.17. The molecule has 3 rings (SSSR count). The van der Waals surface area contributed by atoms with Crippen molar-refractivity contribution in [2.45, 2.75) is 31.9 Å². The molecule has 0 bridgehead atoms. The first-order chi connectivity index (χ1) is 14.7. The van der Waals surface area contributed by atoms with E-state index in [4.69, 9.17) is 0 Å². The zero-order valence-electron chi connectivity index (χ0n) is 17.1. The molecular formula is C23H24N2O5S. The molecule has 1 aromatic heterocycles. The monoisotopic (exact) mass is 440 g/mol. The smallest absolute Gasteiger partial charge is 0.307 e. The fourth-order valence-corrected chi connectivity index (χ4v) is 4.73.